The van der Waals surface area contributed by atoms with Gasteiger partial charge >= 0.3 is 7.82 Å². The quantitative estimate of drug-likeness (QED) is 0.526. The molecule has 0 spiro atoms. The molecule has 1 aromatic carbocycles. The summed E-state index contributed by atoms with van der Waals surface area (Å²) < 4.78 is 27.3. The average Bonchev–Trinajstić information content (AvgIpc) is 3.26. The Morgan fingerprint density at radius 1 is 1.00 bits per heavy atom. The molecule has 7 heteroatoms. The summed E-state index contributed by atoms with van der Waals surface area (Å²) in [5, 5.41) is 0. The van der Waals surface area contributed by atoms with Crippen molar-refractivity contribution in [2.24, 2.45) is 0 Å². The summed E-state index contributed by atoms with van der Waals surface area (Å²) >= 11 is 0. The molecule has 4 rings (SSSR count). The van der Waals surface area contributed by atoms with E-state index < -0.39 is 7.82 Å². The second-order valence-corrected chi connectivity index (χ2v) is 8.81. The van der Waals surface area contributed by atoms with Gasteiger partial charge in [0.25, 0.3) is 0 Å². The third-order valence-corrected chi connectivity index (χ3v) is 5.63. The third kappa shape index (κ3) is 7.60. The summed E-state index contributed by atoms with van der Waals surface area (Å²) in [6.07, 6.45) is 16.7. The van der Waals surface area contributed by atoms with E-state index in [0.717, 1.165) is 11.3 Å². The minimum Gasteiger partial charge on any atom is -0.444 e. The van der Waals surface area contributed by atoms with Crippen LogP contribution >= 0.6 is 7.82 Å². The zero-order chi connectivity index (χ0) is 22.1. The van der Waals surface area contributed by atoms with Crippen LogP contribution in [0.5, 0.6) is 0 Å². The molecular formula is C24H28NO5P. The number of benzene rings is 1. The molecule has 164 valence electrons. The van der Waals surface area contributed by atoms with Gasteiger partial charge in [0.2, 0.25) is 5.89 Å². The van der Waals surface area contributed by atoms with E-state index in [1.807, 2.05) is 54.6 Å². The number of phosphoric acid groups is 1. The molecule has 0 saturated heterocycles. The molecule has 0 radical (unpaired) electrons. The fraction of sp³-hybridized carbons (Fsp3) is 0.292. The molecule has 6 nitrogen and oxygen atoms in total. The van der Waals surface area contributed by atoms with E-state index in [1.54, 1.807) is 30.6 Å². The molecule has 2 aliphatic rings. The van der Waals surface area contributed by atoms with Crippen molar-refractivity contribution in [2.75, 3.05) is 0 Å². The van der Waals surface area contributed by atoms with Gasteiger partial charge in [-0.2, -0.15) is 0 Å². The molecule has 0 bridgehead atoms. The molecule has 2 aliphatic carbocycles. The van der Waals surface area contributed by atoms with Crippen molar-refractivity contribution in [2.45, 2.75) is 44.8 Å². The Labute approximate surface area is 183 Å². The Hall–Kier alpha value is -2.50. The van der Waals surface area contributed by atoms with Crippen LogP contribution in [0.3, 0.4) is 0 Å². The molecule has 0 saturated carbocycles. The summed E-state index contributed by atoms with van der Waals surface area (Å²) in [7, 11) is -4.00. The highest BCUT2D eigenvalue weighted by atomic mass is 31.2. The van der Waals surface area contributed by atoms with Gasteiger partial charge in [0, 0.05) is 5.56 Å². The molecule has 0 amide bonds. The maximum absolute atomic E-state index is 11.7. The lowest BCUT2D eigenvalue weighted by Gasteiger charge is -2.22. The van der Waals surface area contributed by atoms with Crippen molar-refractivity contribution >= 4 is 7.82 Å². The maximum atomic E-state index is 11.7. The average molecular weight is 441 g/mol. The Bertz CT molecular complexity index is 954. The Balaban J connectivity index is 0.000000179. The Kier molecular flexibility index (Phi) is 8.38. The van der Waals surface area contributed by atoms with Gasteiger partial charge in [0.05, 0.1) is 17.9 Å². The van der Waals surface area contributed by atoms with Crippen LogP contribution in [0.25, 0.3) is 11.5 Å². The maximum Gasteiger partial charge on any atom is 0.473 e. The molecule has 1 heterocycles. The zero-order valence-corrected chi connectivity index (χ0v) is 18.6. The third-order valence-electron chi connectivity index (χ3n) is 4.55. The highest BCUT2D eigenvalue weighted by molar-refractivity contribution is 7.47. The molecule has 2 atom stereocenters. The molecule has 2 aromatic rings. The number of allylic oxidation sites excluding steroid dienone is 4. The molecular weight excluding hydrogens is 413 g/mol. The lowest BCUT2D eigenvalue weighted by molar-refractivity contribution is 0.105. The lowest BCUT2D eigenvalue weighted by Crippen LogP contribution is -2.14. The summed E-state index contributed by atoms with van der Waals surface area (Å²) in [6.45, 7) is 4.21. The van der Waals surface area contributed by atoms with Crippen LogP contribution in [0.2, 0.25) is 0 Å². The van der Waals surface area contributed by atoms with E-state index >= 15 is 0 Å². The summed E-state index contributed by atoms with van der Waals surface area (Å²) in [4.78, 5) is 14.0. The van der Waals surface area contributed by atoms with Crippen molar-refractivity contribution in [1.29, 1.82) is 0 Å². The van der Waals surface area contributed by atoms with E-state index in [1.165, 1.54) is 0 Å². The van der Waals surface area contributed by atoms with E-state index in [2.05, 4.69) is 18.8 Å². The first kappa shape index (κ1) is 23.2. The van der Waals surface area contributed by atoms with Crippen LogP contribution in [0.1, 0.15) is 38.3 Å². The van der Waals surface area contributed by atoms with Gasteiger partial charge in [-0.05, 0) is 30.9 Å². The fourth-order valence-corrected chi connectivity index (χ4v) is 3.95. The molecule has 1 N–H and O–H groups in total. The topological polar surface area (TPSA) is 81.8 Å². The number of oxazole rings is 1. The molecule has 2 unspecified atom stereocenters. The van der Waals surface area contributed by atoms with Crippen LogP contribution < -0.4 is 0 Å². The first-order valence-electron chi connectivity index (χ1n) is 10.3. The predicted octanol–water partition coefficient (Wildman–Crippen LogP) is 6.35. The van der Waals surface area contributed by atoms with Crippen LogP contribution in [0, 0.1) is 0 Å². The first-order valence-corrected chi connectivity index (χ1v) is 11.8. The van der Waals surface area contributed by atoms with Gasteiger partial charge in [-0.3, -0.25) is 9.05 Å². The lowest BCUT2D eigenvalue weighted by atomic mass is 10.1. The Morgan fingerprint density at radius 2 is 1.58 bits per heavy atom. The highest BCUT2D eigenvalue weighted by Gasteiger charge is 2.28. The highest BCUT2D eigenvalue weighted by Crippen LogP contribution is 2.47. The van der Waals surface area contributed by atoms with Gasteiger partial charge in [-0.25, -0.2) is 9.55 Å². The standard InChI is InChI=1S/C12H13NO.C12H15O4P/c1-9(2)11-8-14-12(13-11)10-6-4-3-5-7-10;13-17(14,15-11-7-3-1-4-8-11)16-12-9-5-2-6-10-12/h3-9H,1-2H3;1-7,9,11-12H,8,10H2,(H,13,14). The van der Waals surface area contributed by atoms with E-state index in [4.69, 9.17) is 13.5 Å². The van der Waals surface area contributed by atoms with E-state index in [-0.39, 0.29) is 12.2 Å². The number of hydrogen-bond acceptors (Lipinski definition) is 5. The van der Waals surface area contributed by atoms with Crippen molar-refractivity contribution in [3.8, 4) is 11.5 Å². The molecule has 0 fully saturated rings. The second kappa shape index (κ2) is 11.2. The van der Waals surface area contributed by atoms with E-state index in [9.17, 15) is 9.46 Å². The number of nitrogens with zero attached hydrogens (tertiary/aromatic N) is 1. The number of hydrogen-bond donors (Lipinski definition) is 1. The SMILES string of the molecule is CC(C)c1coc(-c2ccccc2)n1.O=P(O)(OC1C=CC=CC1)OC1C=CC=CC1. The number of aromatic nitrogens is 1. The largest absolute Gasteiger partial charge is 0.473 e. The van der Waals surface area contributed by atoms with Crippen molar-refractivity contribution < 1.29 is 22.9 Å². The van der Waals surface area contributed by atoms with Crippen molar-refractivity contribution in [1.82, 2.24) is 4.98 Å². The summed E-state index contributed by atoms with van der Waals surface area (Å²) in [5.74, 6) is 1.12. The van der Waals surface area contributed by atoms with Crippen LogP contribution in [-0.4, -0.2) is 22.1 Å². The molecule has 1 aromatic heterocycles. The molecule has 0 aliphatic heterocycles. The van der Waals surface area contributed by atoms with Crippen LogP contribution in [-0.2, 0) is 13.6 Å². The Morgan fingerprint density at radius 3 is 2.03 bits per heavy atom. The van der Waals surface area contributed by atoms with E-state index in [0.29, 0.717) is 24.7 Å². The smallest absolute Gasteiger partial charge is 0.444 e. The summed E-state index contributed by atoms with van der Waals surface area (Å²) in [5.41, 5.74) is 2.03. The van der Waals surface area contributed by atoms with Gasteiger partial charge in [-0.1, -0.05) is 80.7 Å². The van der Waals surface area contributed by atoms with Gasteiger partial charge < -0.3 is 9.31 Å². The van der Waals surface area contributed by atoms with Crippen molar-refractivity contribution in [3.05, 3.63) is 90.9 Å². The number of phosphoric ester groups is 1. The van der Waals surface area contributed by atoms with Gasteiger partial charge in [0.1, 0.15) is 6.26 Å². The monoisotopic (exact) mass is 441 g/mol. The minimum atomic E-state index is -4.00. The van der Waals surface area contributed by atoms with Crippen LogP contribution in [0.15, 0.2) is 89.6 Å². The number of rotatable bonds is 6. The zero-order valence-electron chi connectivity index (χ0n) is 17.7. The second-order valence-electron chi connectivity index (χ2n) is 7.45. The fourth-order valence-electron chi connectivity index (χ4n) is 2.90. The van der Waals surface area contributed by atoms with Gasteiger partial charge in [0.15, 0.2) is 0 Å². The normalized spacial score (nSPS) is 21.5. The van der Waals surface area contributed by atoms with Gasteiger partial charge in [-0.15, -0.1) is 0 Å². The van der Waals surface area contributed by atoms with Crippen molar-refractivity contribution in [3.63, 3.8) is 0 Å². The summed E-state index contributed by atoms with van der Waals surface area (Å²) in [6, 6.07) is 9.94. The van der Waals surface area contributed by atoms with Crippen LogP contribution in [0.4, 0.5) is 0 Å². The minimum absolute atomic E-state index is 0.390. The molecule has 31 heavy (non-hydrogen) atoms. The predicted molar refractivity (Wildman–Crippen MR) is 121 cm³/mol. The first-order chi connectivity index (χ1) is 14.9.